The van der Waals surface area contributed by atoms with Gasteiger partial charge in [0.05, 0.1) is 6.54 Å². The van der Waals surface area contributed by atoms with Crippen LogP contribution in [0.4, 0.5) is 0 Å². The second kappa shape index (κ2) is 5.00. The molecule has 2 aliphatic carbocycles. The molecule has 116 valence electrons. The summed E-state index contributed by atoms with van der Waals surface area (Å²) in [6.07, 6.45) is 3.36. The molecule has 1 N–H and O–H groups in total. The van der Waals surface area contributed by atoms with Crippen LogP contribution in [0.5, 0.6) is 0 Å². The van der Waals surface area contributed by atoms with E-state index in [1.54, 1.807) is 6.07 Å². The minimum Gasteiger partial charge on any atom is -0.464 e. The fraction of sp³-hybridized carbons (Fsp3) is 0.529. The normalized spacial score (nSPS) is 23.5. The third-order valence-electron chi connectivity index (χ3n) is 4.66. The highest BCUT2D eigenvalue weighted by atomic mass is 16.3. The fourth-order valence-electron chi connectivity index (χ4n) is 2.99. The van der Waals surface area contributed by atoms with Crippen molar-refractivity contribution in [3.05, 3.63) is 41.1 Å². The van der Waals surface area contributed by atoms with E-state index in [1.165, 1.54) is 6.42 Å². The highest BCUT2D eigenvalue weighted by Gasteiger charge is 2.38. The minimum absolute atomic E-state index is 0.00964. The molecule has 0 aliphatic heterocycles. The van der Waals surface area contributed by atoms with Crippen molar-refractivity contribution in [2.24, 2.45) is 5.92 Å². The zero-order valence-electron chi connectivity index (χ0n) is 13.0. The predicted octanol–water partition coefficient (Wildman–Crippen LogP) is 3.24. The van der Waals surface area contributed by atoms with Gasteiger partial charge in [0, 0.05) is 17.7 Å². The summed E-state index contributed by atoms with van der Waals surface area (Å²) in [7, 11) is 0. The van der Waals surface area contributed by atoms with Crippen molar-refractivity contribution in [1.82, 2.24) is 15.1 Å². The maximum absolute atomic E-state index is 12.7. The van der Waals surface area contributed by atoms with E-state index in [-0.39, 0.29) is 5.91 Å². The number of aryl methyl sites for hydroxylation is 1. The summed E-state index contributed by atoms with van der Waals surface area (Å²) >= 11 is 0. The molecule has 0 spiro atoms. The van der Waals surface area contributed by atoms with Gasteiger partial charge in [-0.3, -0.25) is 9.89 Å². The minimum atomic E-state index is -0.00964. The van der Waals surface area contributed by atoms with Crippen LogP contribution in [0.15, 0.2) is 22.6 Å². The Morgan fingerprint density at radius 3 is 2.82 bits per heavy atom. The van der Waals surface area contributed by atoms with Crippen LogP contribution in [0.1, 0.15) is 59.8 Å². The van der Waals surface area contributed by atoms with Crippen molar-refractivity contribution >= 4 is 5.91 Å². The van der Waals surface area contributed by atoms with E-state index in [9.17, 15) is 4.79 Å². The Hall–Kier alpha value is -2.04. The van der Waals surface area contributed by atoms with E-state index >= 15 is 0 Å². The third kappa shape index (κ3) is 2.56. The van der Waals surface area contributed by atoms with Gasteiger partial charge >= 0.3 is 0 Å². The van der Waals surface area contributed by atoms with Crippen molar-refractivity contribution in [1.29, 1.82) is 0 Å². The van der Waals surface area contributed by atoms with Crippen molar-refractivity contribution in [2.75, 3.05) is 0 Å². The van der Waals surface area contributed by atoms with Crippen LogP contribution in [0.2, 0.25) is 0 Å². The van der Waals surface area contributed by atoms with E-state index in [0.717, 1.165) is 36.0 Å². The Kier molecular flexibility index (Phi) is 3.10. The summed E-state index contributed by atoms with van der Waals surface area (Å²) in [6.45, 7) is 4.68. The standard InChI is InChI=1S/C17H21N3O2/c1-10-7-14(10)16-6-5-13(22-16)9-20(12-3-4-12)17(21)15-8-11(2)18-19-15/h5-6,8,10,12,14H,3-4,7,9H2,1-2H3,(H,18,19)/t10-,14-/m1/s1. The summed E-state index contributed by atoms with van der Waals surface area (Å²) in [5.41, 5.74) is 1.40. The molecule has 0 radical (unpaired) electrons. The van der Waals surface area contributed by atoms with E-state index in [0.29, 0.717) is 24.2 Å². The first-order valence-electron chi connectivity index (χ1n) is 8.03. The highest BCUT2D eigenvalue weighted by Crippen LogP contribution is 2.47. The van der Waals surface area contributed by atoms with Gasteiger partial charge in [0.15, 0.2) is 0 Å². The van der Waals surface area contributed by atoms with Crippen molar-refractivity contribution in [3.8, 4) is 0 Å². The Morgan fingerprint density at radius 2 is 2.23 bits per heavy atom. The van der Waals surface area contributed by atoms with Crippen LogP contribution < -0.4 is 0 Å². The Balaban J connectivity index is 1.50. The van der Waals surface area contributed by atoms with Crippen LogP contribution in [-0.2, 0) is 6.54 Å². The lowest BCUT2D eigenvalue weighted by molar-refractivity contribution is 0.0710. The van der Waals surface area contributed by atoms with E-state index in [2.05, 4.69) is 23.2 Å². The first kappa shape index (κ1) is 13.6. The molecule has 5 heteroatoms. The van der Waals surface area contributed by atoms with Gasteiger partial charge in [0.1, 0.15) is 17.2 Å². The number of H-pyrrole nitrogens is 1. The summed E-state index contributed by atoms with van der Waals surface area (Å²) in [6, 6.07) is 6.21. The Bertz CT molecular complexity index is 698. The van der Waals surface area contributed by atoms with E-state index in [1.807, 2.05) is 17.9 Å². The molecule has 2 saturated carbocycles. The number of nitrogens with zero attached hydrogens (tertiary/aromatic N) is 2. The number of carbonyl (C=O) groups is 1. The van der Waals surface area contributed by atoms with Crippen molar-refractivity contribution in [3.63, 3.8) is 0 Å². The Labute approximate surface area is 129 Å². The summed E-state index contributed by atoms with van der Waals surface area (Å²) < 4.78 is 5.96. The summed E-state index contributed by atoms with van der Waals surface area (Å²) in [4.78, 5) is 14.5. The maximum atomic E-state index is 12.7. The molecule has 2 heterocycles. The number of aromatic nitrogens is 2. The third-order valence-corrected chi connectivity index (χ3v) is 4.66. The molecule has 5 nitrogen and oxygen atoms in total. The van der Waals surface area contributed by atoms with Gasteiger partial charge in [-0.15, -0.1) is 0 Å². The van der Waals surface area contributed by atoms with Gasteiger partial charge in [0.25, 0.3) is 5.91 Å². The molecule has 0 aromatic carbocycles. The molecular formula is C17H21N3O2. The number of hydrogen-bond acceptors (Lipinski definition) is 3. The van der Waals surface area contributed by atoms with Crippen molar-refractivity contribution in [2.45, 2.75) is 51.6 Å². The van der Waals surface area contributed by atoms with Gasteiger partial charge in [-0.1, -0.05) is 6.92 Å². The zero-order chi connectivity index (χ0) is 15.3. The second-order valence-electron chi connectivity index (χ2n) is 6.72. The molecule has 4 rings (SSSR count). The number of carbonyl (C=O) groups excluding carboxylic acids is 1. The molecule has 0 saturated heterocycles. The molecule has 2 atom stereocenters. The quantitative estimate of drug-likeness (QED) is 0.922. The monoisotopic (exact) mass is 299 g/mol. The second-order valence-corrected chi connectivity index (χ2v) is 6.72. The van der Waals surface area contributed by atoms with E-state index in [4.69, 9.17) is 4.42 Å². The number of furan rings is 1. The molecule has 2 aromatic rings. The number of rotatable bonds is 5. The summed E-state index contributed by atoms with van der Waals surface area (Å²) in [5.74, 6) is 3.24. The first-order valence-corrected chi connectivity index (χ1v) is 8.03. The Morgan fingerprint density at radius 1 is 1.45 bits per heavy atom. The topological polar surface area (TPSA) is 62.1 Å². The number of nitrogens with one attached hydrogen (secondary N) is 1. The highest BCUT2D eigenvalue weighted by molar-refractivity contribution is 5.92. The van der Waals surface area contributed by atoms with Crippen LogP contribution in [-0.4, -0.2) is 27.0 Å². The molecule has 22 heavy (non-hydrogen) atoms. The van der Waals surface area contributed by atoms with Gasteiger partial charge in [-0.25, -0.2) is 0 Å². The average Bonchev–Trinajstić information content (AvgIpc) is 3.37. The maximum Gasteiger partial charge on any atom is 0.275 e. The molecule has 0 unspecified atom stereocenters. The lowest BCUT2D eigenvalue weighted by Gasteiger charge is -2.20. The van der Waals surface area contributed by atoms with Gasteiger partial charge < -0.3 is 9.32 Å². The molecular weight excluding hydrogens is 278 g/mol. The zero-order valence-corrected chi connectivity index (χ0v) is 13.0. The van der Waals surface area contributed by atoms with Gasteiger partial charge in [-0.2, -0.15) is 5.10 Å². The molecule has 2 aromatic heterocycles. The molecule has 2 aliphatic rings. The van der Waals surface area contributed by atoms with Crippen LogP contribution >= 0.6 is 0 Å². The van der Waals surface area contributed by atoms with Crippen LogP contribution in [0, 0.1) is 12.8 Å². The number of aromatic amines is 1. The lowest BCUT2D eigenvalue weighted by atomic mass is 10.2. The predicted molar refractivity (Wildman–Crippen MR) is 81.5 cm³/mol. The van der Waals surface area contributed by atoms with E-state index < -0.39 is 0 Å². The van der Waals surface area contributed by atoms with Gasteiger partial charge in [0.2, 0.25) is 0 Å². The first-order chi connectivity index (χ1) is 10.6. The van der Waals surface area contributed by atoms with Gasteiger partial charge in [-0.05, 0) is 50.3 Å². The molecule has 2 fully saturated rings. The lowest BCUT2D eigenvalue weighted by Crippen LogP contribution is -2.32. The molecule has 0 bridgehead atoms. The summed E-state index contributed by atoms with van der Waals surface area (Å²) in [5, 5.41) is 6.93. The molecule has 1 amide bonds. The van der Waals surface area contributed by atoms with Crippen LogP contribution in [0.25, 0.3) is 0 Å². The average molecular weight is 299 g/mol. The van der Waals surface area contributed by atoms with Crippen molar-refractivity contribution < 1.29 is 9.21 Å². The number of amides is 1. The largest absolute Gasteiger partial charge is 0.464 e. The van der Waals surface area contributed by atoms with Crippen LogP contribution in [0.3, 0.4) is 0 Å². The number of hydrogen-bond donors (Lipinski definition) is 1. The smallest absolute Gasteiger partial charge is 0.275 e. The fourth-order valence-corrected chi connectivity index (χ4v) is 2.99. The SMILES string of the molecule is Cc1cc(C(=O)N(Cc2ccc([C@@H]3C[C@H]3C)o2)C2CC2)n[nH]1.